The summed E-state index contributed by atoms with van der Waals surface area (Å²) in [6, 6.07) is 33.8. The highest BCUT2D eigenvalue weighted by molar-refractivity contribution is 5.97. The third kappa shape index (κ3) is 4.92. The Bertz CT molecular complexity index is 1460. The molecule has 4 bridgehead atoms. The van der Waals surface area contributed by atoms with Gasteiger partial charge in [0.25, 0.3) is 0 Å². The van der Waals surface area contributed by atoms with Gasteiger partial charge in [-0.05, 0) is 76.1 Å². The number of nitrogens with zero attached hydrogens (tertiary/aromatic N) is 1. The molecule has 0 aromatic heterocycles. The average Bonchev–Trinajstić information content (AvgIpc) is 3.46. The van der Waals surface area contributed by atoms with Gasteiger partial charge in [-0.3, -0.25) is 0 Å². The second-order valence-corrected chi connectivity index (χ2v) is 12.1. The number of hydrogen-bond donors (Lipinski definition) is 1. The molecule has 1 heterocycles. The van der Waals surface area contributed by atoms with Crippen molar-refractivity contribution >= 4 is 5.90 Å². The van der Waals surface area contributed by atoms with Crippen LogP contribution in [0.15, 0.2) is 102 Å². The minimum atomic E-state index is -1.25. The Labute approximate surface area is 232 Å². The van der Waals surface area contributed by atoms with Crippen molar-refractivity contribution in [2.45, 2.75) is 58.1 Å². The van der Waals surface area contributed by atoms with Gasteiger partial charge in [0.05, 0.1) is 6.04 Å². The summed E-state index contributed by atoms with van der Waals surface area (Å²) in [5, 5.41) is 12.7. The molecule has 3 nitrogen and oxygen atoms in total. The van der Waals surface area contributed by atoms with Gasteiger partial charge in [-0.1, -0.05) is 112 Å². The second-order valence-electron chi connectivity index (χ2n) is 12.1. The Morgan fingerprint density at radius 2 is 1.26 bits per heavy atom. The molecule has 0 amide bonds. The Hall–Kier alpha value is -3.69. The summed E-state index contributed by atoms with van der Waals surface area (Å²) < 4.78 is 6.20. The van der Waals surface area contributed by atoms with Crippen LogP contribution in [0.2, 0.25) is 0 Å². The van der Waals surface area contributed by atoms with Gasteiger partial charge in [0, 0.05) is 5.56 Å². The zero-order chi connectivity index (χ0) is 27.0. The van der Waals surface area contributed by atoms with E-state index in [2.05, 4.69) is 57.2 Å². The van der Waals surface area contributed by atoms with Gasteiger partial charge in [-0.25, -0.2) is 4.99 Å². The zero-order valence-electron chi connectivity index (χ0n) is 23.2. The number of ether oxygens (including phenoxy) is 1. The van der Waals surface area contributed by atoms with Crippen molar-refractivity contribution < 1.29 is 9.84 Å². The lowest BCUT2D eigenvalue weighted by Gasteiger charge is -2.33. The topological polar surface area (TPSA) is 41.8 Å². The second kappa shape index (κ2) is 10.1. The van der Waals surface area contributed by atoms with Crippen molar-refractivity contribution in [3.63, 3.8) is 0 Å². The van der Waals surface area contributed by atoms with Crippen LogP contribution >= 0.6 is 0 Å². The fraction of sp³-hybridized carbons (Fsp3) is 0.306. The van der Waals surface area contributed by atoms with Gasteiger partial charge in [0.1, 0.15) is 12.2 Å². The summed E-state index contributed by atoms with van der Waals surface area (Å²) in [7, 11) is 0. The molecule has 1 N–H and O–H groups in total. The van der Waals surface area contributed by atoms with E-state index in [1.54, 1.807) is 0 Å². The van der Waals surface area contributed by atoms with Crippen LogP contribution in [0.5, 0.6) is 0 Å². The quantitative estimate of drug-likeness (QED) is 0.296. The van der Waals surface area contributed by atoms with Gasteiger partial charge >= 0.3 is 0 Å². The van der Waals surface area contributed by atoms with E-state index >= 15 is 0 Å². The number of aliphatic hydroxyl groups is 1. The predicted octanol–water partition coefficient (Wildman–Crippen LogP) is 7.05. The fourth-order valence-corrected chi connectivity index (χ4v) is 5.89. The van der Waals surface area contributed by atoms with Gasteiger partial charge in [0.15, 0.2) is 0 Å². The molecule has 5 aliphatic rings. The van der Waals surface area contributed by atoms with Crippen LogP contribution in [0.25, 0.3) is 0 Å². The Morgan fingerprint density at radius 1 is 0.692 bits per heavy atom. The molecule has 4 aromatic carbocycles. The molecule has 9 rings (SSSR count). The summed E-state index contributed by atoms with van der Waals surface area (Å²) in [5.74, 6) is 0.781. The molecule has 1 atom stereocenters. The molecule has 4 aromatic rings. The molecular formula is C36H37NO2. The number of hydrogen-bond acceptors (Lipinski definition) is 3. The monoisotopic (exact) mass is 515 g/mol. The van der Waals surface area contributed by atoms with E-state index in [4.69, 9.17) is 9.73 Å². The minimum Gasteiger partial charge on any atom is -0.475 e. The van der Waals surface area contributed by atoms with Crippen molar-refractivity contribution in [3.8, 4) is 0 Å². The van der Waals surface area contributed by atoms with E-state index in [1.165, 1.54) is 16.7 Å². The highest BCUT2D eigenvalue weighted by atomic mass is 16.5. The molecule has 198 valence electrons. The van der Waals surface area contributed by atoms with Crippen LogP contribution in [-0.4, -0.2) is 23.7 Å². The largest absolute Gasteiger partial charge is 0.475 e. The maximum atomic E-state index is 12.7. The van der Waals surface area contributed by atoms with E-state index < -0.39 is 5.60 Å². The first-order valence-corrected chi connectivity index (χ1v) is 14.1. The van der Waals surface area contributed by atoms with Crippen LogP contribution in [0.3, 0.4) is 0 Å². The molecule has 0 radical (unpaired) electrons. The number of rotatable bonds is 4. The number of aryl methyl sites for hydroxylation is 4. The first-order valence-electron chi connectivity index (χ1n) is 14.1. The summed E-state index contributed by atoms with van der Waals surface area (Å²) in [6.07, 6.45) is 3.45. The van der Waals surface area contributed by atoms with Crippen LogP contribution in [0, 0.1) is 5.41 Å². The number of aliphatic imine (C=N–C) groups is 1. The lowest BCUT2D eigenvalue weighted by Crippen LogP contribution is -2.30. The predicted molar refractivity (Wildman–Crippen MR) is 158 cm³/mol. The zero-order valence-corrected chi connectivity index (χ0v) is 23.2. The molecule has 0 spiro atoms. The molecule has 0 unspecified atom stereocenters. The summed E-state index contributed by atoms with van der Waals surface area (Å²) in [6.45, 7) is 7.31. The van der Waals surface area contributed by atoms with Crippen molar-refractivity contribution in [3.05, 3.63) is 142 Å². The van der Waals surface area contributed by atoms with E-state index in [9.17, 15) is 5.11 Å². The summed E-state index contributed by atoms with van der Waals surface area (Å²) in [4.78, 5) is 5.03. The van der Waals surface area contributed by atoms with E-state index in [-0.39, 0.29) is 11.5 Å². The molecule has 1 aliphatic heterocycles. The molecule has 39 heavy (non-hydrogen) atoms. The van der Waals surface area contributed by atoms with Crippen molar-refractivity contribution in [1.82, 2.24) is 0 Å². The Balaban J connectivity index is 1.45. The smallest absolute Gasteiger partial charge is 0.216 e. The van der Waals surface area contributed by atoms with Gasteiger partial charge in [0.2, 0.25) is 5.90 Å². The van der Waals surface area contributed by atoms with Gasteiger partial charge < -0.3 is 9.84 Å². The van der Waals surface area contributed by atoms with Crippen LogP contribution < -0.4 is 0 Å². The number of benzene rings is 4. The molecule has 0 saturated heterocycles. The molecule has 4 aliphatic carbocycles. The third-order valence-electron chi connectivity index (χ3n) is 8.37. The first kappa shape index (κ1) is 25.6. The average molecular weight is 516 g/mol. The minimum absolute atomic E-state index is 0.0653. The molecule has 3 heteroatoms. The first-order chi connectivity index (χ1) is 18.8. The SMILES string of the molecule is CC(C)(C)[C@H]1COC(c2cc3ccc2CCc2ccc(cc2C(O)(c2ccccc2)c2ccccc2)CC3)=N1. The maximum absolute atomic E-state index is 12.7. The van der Waals surface area contributed by atoms with Gasteiger partial charge in [-0.2, -0.15) is 0 Å². The summed E-state index contributed by atoms with van der Waals surface area (Å²) >= 11 is 0. The normalized spacial score (nSPS) is 17.3. The standard InChI is InChI=1S/C36H37NO2/c1-35(2,3)33-24-39-34(37-33)31-22-25-14-15-26-17-19-28(21-20-27(31)18-16-25)32(23-26)36(38,29-10-6-4-7-11-29)30-12-8-5-9-13-30/h4-13,16-19,22-23,33,38H,14-15,20-21,24H2,1-3H3/t33-/m1/s1. The Morgan fingerprint density at radius 3 is 1.85 bits per heavy atom. The van der Waals surface area contributed by atoms with Crippen LogP contribution in [0.1, 0.15) is 65.3 Å². The third-order valence-corrected chi connectivity index (χ3v) is 8.37. The molecular weight excluding hydrogens is 478 g/mol. The van der Waals surface area contributed by atoms with E-state index in [0.717, 1.165) is 59.4 Å². The van der Waals surface area contributed by atoms with Crippen molar-refractivity contribution in [2.75, 3.05) is 6.61 Å². The lowest BCUT2D eigenvalue weighted by molar-refractivity contribution is 0.124. The Kier molecular flexibility index (Phi) is 6.64. The van der Waals surface area contributed by atoms with Crippen molar-refractivity contribution in [1.29, 1.82) is 0 Å². The highest BCUT2D eigenvalue weighted by Crippen LogP contribution is 2.40. The van der Waals surface area contributed by atoms with Crippen molar-refractivity contribution in [2.24, 2.45) is 10.4 Å². The fourth-order valence-electron chi connectivity index (χ4n) is 5.89. The molecule has 0 saturated carbocycles. The van der Waals surface area contributed by atoms with E-state index in [1.807, 2.05) is 60.7 Å². The highest BCUT2D eigenvalue weighted by Gasteiger charge is 2.36. The molecule has 0 fully saturated rings. The summed E-state index contributed by atoms with van der Waals surface area (Å²) in [5.41, 5.74) is 7.59. The van der Waals surface area contributed by atoms with E-state index in [0.29, 0.717) is 6.61 Å². The van der Waals surface area contributed by atoms with Crippen LogP contribution in [-0.2, 0) is 36.0 Å². The van der Waals surface area contributed by atoms with Crippen LogP contribution in [0.4, 0.5) is 0 Å². The maximum Gasteiger partial charge on any atom is 0.216 e. The lowest BCUT2D eigenvalue weighted by atomic mass is 9.76. The van der Waals surface area contributed by atoms with Gasteiger partial charge in [-0.15, -0.1) is 0 Å².